The fourth-order valence-electron chi connectivity index (χ4n) is 3.97. The number of fused-ring (bicyclic) bond motifs is 1. The van der Waals surface area contributed by atoms with E-state index in [1.807, 2.05) is 13.8 Å². The molecule has 3 rings (SSSR count). The molecule has 0 saturated heterocycles. The van der Waals surface area contributed by atoms with Gasteiger partial charge >= 0.3 is 0 Å². The molecule has 1 aliphatic heterocycles. The Kier molecular flexibility index (Phi) is 4.48. The molecule has 1 saturated carbocycles. The van der Waals surface area contributed by atoms with Gasteiger partial charge in [-0.2, -0.15) is 10.5 Å². The van der Waals surface area contributed by atoms with E-state index in [1.54, 1.807) is 6.07 Å². The summed E-state index contributed by atoms with van der Waals surface area (Å²) in [6.45, 7) is 3.92. The van der Waals surface area contributed by atoms with Crippen LogP contribution in [0.3, 0.4) is 0 Å². The van der Waals surface area contributed by atoms with Gasteiger partial charge in [-0.25, -0.2) is 9.38 Å². The van der Waals surface area contributed by atoms with Crippen LogP contribution in [0.25, 0.3) is 0 Å². The van der Waals surface area contributed by atoms with E-state index in [0.29, 0.717) is 11.5 Å². The molecule has 1 fully saturated rings. The van der Waals surface area contributed by atoms with Crippen molar-refractivity contribution in [3.63, 3.8) is 0 Å². The summed E-state index contributed by atoms with van der Waals surface area (Å²) in [6, 6.07) is 8.88. The van der Waals surface area contributed by atoms with Crippen molar-refractivity contribution in [3.05, 3.63) is 34.6 Å². The first-order chi connectivity index (χ1) is 11.9. The Morgan fingerprint density at radius 3 is 2.40 bits per heavy atom. The molecule has 0 spiro atoms. The summed E-state index contributed by atoms with van der Waals surface area (Å²) >= 11 is 9.19. The Hall–Kier alpha value is -1.41. The van der Waals surface area contributed by atoms with Crippen LogP contribution >= 0.6 is 35.1 Å². The normalized spacial score (nSPS) is 31.6. The van der Waals surface area contributed by atoms with Crippen molar-refractivity contribution in [2.24, 2.45) is 21.6 Å². The van der Waals surface area contributed by atoms with E-state index in [1.165, 1.54) is 35.7 Å². The fourth-order valence-corrected chi connectivity index (χ4v) is 7.49. The molecule has 0 radical (unpaired) electrons. The Morgan fingerprint density at radius 2 is 1.92 bits per heavy atom. The third-order valence-electron chi connectivity index (χ3n) is 4.90. The van der Waals surface area contributed by atoms with Crippen molar-refractivity contribution in [1.29, 1.82) is 10.5 Å². The zero-order chi connectivity index (χ0) is 18.5. The number of amidine groups is 1. The predicted octanol–water partition coefficient (Wildman–Crippen LogP) is 4.13. The highest BCUT2D eigenvalue weighted by Crippen LogP contribution is 2.85. The summed E-state index contributed by atoms with van der Waals surface area (Å²) in [5, 5.41) is 20.3. The number of aliphatic imine (C=N–C) groups is 1. The number of nitrogens with zero attached hydrogens (tertiary/aromatic N) is 3. The summed E-state index contributed by atoms with van der Waals surface area (Å²) in [6.07, 6.45) is 0. The second kappa shape index (κ2) is 6.09. The van der Waals surface area contributed by atoms with Crippen molar-refractivity contribution >= 4 is 41.0 Å². The van der Waals surface area contributed by atoms with Crippen LogP contribution in [-0.2, 0) is 0 Å². The van der Waals surface area contributed by atoms with Crippen LogP contribution in [0.1, 0.15) is 25.3 Å². The van der Waals surface area contributed by atoms with E-state index in [2.05, 4.69) is 17.1 Å². The molecule has 25 heavy (non-hydrogen) atoms. The maximum atomic E-state index is 14.6. The van der Waals surface area contributed by atoms with Gasteiger partial charge in [0.2, 0.25) is 0 Å². The Labute approximate surface area is 159 Å². The van der Waals surface area contributed by atoms with Crippen LogP contribution < -0.4 is 5.73 Å². The fraction of sp³-hybridized carbons (Fsp3) is 0.471. The summed E-state index contributed by atoms with van der Waals surface area (Å²) < 4.78 is 13.7. The highest BCUT2D eigenvalue weighted by Gasteiger charge is 2.92. The lowest BCUT2D eigenvalue weighted by Crippen LogP contribution is -2.31. The van der Waals surface area contributed by atoms with Gasteiger partial charge in [0.1, 0.15) is 22.5 Å². The average Bonchev–Trinajstić information content (AvgIpc) is 3.13. The van der Waals surface area contributed by atoms with Crippen LogP contribution in [-0.4, -0.2) is 21.5 Å². The smallest absolute Gasteiger partial charge is 0.175 e. The Balaban J connectivity index is 2.29. The summed E-state index contributed by atoms with van der Waals surface area (Å²) in [5.41, 5.74) is 3.76. The van der Waals surface area contributed by atoms with E-state index in [4.69, 9.17) is 17.3 Å². The maximum Gasteiger partial charge on any atom is 0.175 e. The molecule has 8 heteroatoms. The molecule has 4 nitrogen and oxygen atoms in total. The molecule has 3 unspecified atom stereocenters. The second-order valence-electron chi connectivity index (χ2n) is 5.85. The maximum absolute atomic E-state index is 14.6. The Bertz CT molecular complexity index is 820. The summed E-state index contributed by atoms with van der Waals surface area (Å²) in [4.78, 5) is 4.56. The number of hydrogen-bond donors (Lipinski definition) is 1. The molecular weight excluding hydrogens is 379 g/mol. The zero-order valence-corrected chi connectivity index (χ0v) is 16.1. The molecule has 1 aliphatic carbocycles. The molecule has 1 heterocycles. The topological polar surface area (TPSA) is 86.0 Å². The summed E-state index contributed by atoms with van der Waals surface area (Å²) in [7, 11) is 0. The first-order valence-corrected chi connectivity index (χ1v) is 10.2. The lowest BCUT2D eigenvalue weighted by Gasteiger charge is -2.31. The molecule has 0 amide bonds. The molecule has 130 valence electrons. The number of halogens is 2. The summed E-state index contributed by atoms with van der Waals surface area (Å²) in [5.74, 6) is 0.210. The zero-order valence-electron chi connectivity index (χ0n) is 13.7. The van der Waals surface area contributed by atoms with Gasteiger partial charge in [0, 0.05) is 16.5 Å². The lowest BCUT2D eigenvalue weighted by atomic mass is 9.97. The van der Waals surface area contributed by atoms with Crippen molar-refractivity contribution in [2.75, 3.05) is 11.5 Å². The van der Waals surface area contributed by atoms with E-state index in [-0.39, 0.29) is 16.4 Å². The van der Waals surface area contributed by atoms with Crippen LogP contribution in [0.2, 0.25) is 5.02 Å². The molecule has 3 atom stereocenters. The quantitative estimate of drug-likeness (QED) is 0.759. The van der Waals surface area contributed by atoms with Crippen molar-refractivity contribution in [1.82, 2.24) is 0 Å². The van der Waals surface area contributed by atoms with E-state index in [9.17, 15) is 14.9 Å². The molecule has 0 aromatic heterocycles. The van der Waals surface area contributed by atoms with Gasteiger partial charge in [0.25, 0.3) is 0 Å². The van der Waals surface area contributed by atoms with E-state index in [0.717, 1.165) is 0 Å². The number of nitrogens with two attached hydrogens (primary N) is 1. The number of hydrogen-bond acceptors (Lipinski definition) is 6. The monoisotopic (exact) mass is 394 g/mol. The lowest BCUT2D eigenvalue weighted by molar-refractivity contribution is 0.551. The van der Waals surface area contributed by atoms with Gasteiger partial charge in [-0.1, -0.05) is 31.5 Å². The van der Waals surface area contributed by atoms with Gasteiger partial charge in [-0.15, -0.1) is 23.5 Å². The second-order valence-corrected chi connectivity index (χ2v) is 9.43. The first kappa shape index (κ1) is 18.4. The molecule has 2 N–H and O–H groups in total. The number of nitriles is 2. The minimum atomic E-state index is -1.35. The van der Waals surface area contributed by atoms with Crippen molar-refractivity contribution in [2.45, 2.75) is 24.0 Å². The molecule has 0 bridgehead atoms. The Morgan fingerprint density at radius 1 is 1.28 bits per heavy atom. The van der Waals surface area contributed by atoms with Crippen LogP contribution in [0.5, 0.6) is 0 Å². The number of benzene rings is 1. The van der Waals surface area contributed by atoms with Crippen LogP contribution in [0, 0.1) is 39.3 Å². The van der Waals surface area contributed by atoms with Crippen molar-refractivity contribution in [3.8, 4) is 12.1 Å². The molecular formula is C17H16ClFN4S2. The van der Waals surface area contributed by atoms with E-state index >= 15 is 0 Å². The van der Waals surface area contributed by atoms with Gasteiger partial charge in [-0.05, 0) is 23.6 Å². The van der Waals surface area contributed by atoms with Gasteiger partial charge in [0.05, 0.1) is 12.1 Å². The van der Waals surface area contributed by atoms with Gasteiger partial charge in [0.15, 0.2) is 4.20 Å². The highest BCUT2D eigenvalue weighted by atomic mass is 35.5. The van der Waals surface area contributed by atoms with E-state index < -0.39 is 26.8 Å². The molecule has 2 aliphatic rings. The largest absolute Gasteiger partial charge is 0.386 e. The molecule has 1 aromatic carbocycles. The number of rotatable bonds is 5. The number of thioether (sulfide) groups is 2. The average molecular weight is 395 g/mol. The van der Waals surface area contributed by atoms with Crippen LogP contribution in [0.15, 0.2) is 23.2 Å². The SMILES string of the molecule is CCSC1(SCC)N=C(N)C2(C#N)C(c3c(F)cccc3Cl)C12C#N. The van der Waals surface area contributed by atoms with Crippen molar-refractivity contribution < 1.29 is 4.39 Å². The standard InChI is InChI=1S/C17H16ClFN4S2/c1-3-24-17(25-4-2)16(9-21)13(15(16,8-20)14(22)23-17)12-10(18)6-5-7-11(12)19/h5-7,13H,3-4H2,1-2H3,(H2,22,23). The minimum Gasteiger partial charge on any atom is -0.386 e. The predicted molar refractivity (Wildman–Crippen MR) is 101 cm³/mol. The van der Waals surface area contributed by atoms with Crippen LogP contribution in [0.4, 0.5) is 4.39 Å². The minimum absolute atomic E-state index is 0.0998. The third-order valence-corrected chi connectivity index (χ3v) is 8.12. The van der Waals surface area contributed by atoms with Gasteiger partial charge in [-0.3, -0.25) is 0 Å². The molecule has 1 aromatic rings. The first-order valence-electron chi connectivity index (χ1n) is 7.82. The van der Waals surface area contributed by atoms with Gasteiger partial charge < -0.3 is 5.73 Å². The third kappa shape index (κ3) is 1.98. The highest BCUT2D eigenvalue weighted by molar-refractivity contribution is 8.18.